The van der Waals surface area contributed by atoms with Crippen molar-refractivity contribution in [2.45, 2.75) is 38.9 Å². The van der Waals surface area contributed by atoms with Gasteiger partial charge in [-0.2, -0.15) is 0 Å². The van der Waals surface area contributed by atoms with Gasteiger partial charge in [0.1, 0.15) is 5.82 Å². The number of fused-ring (bicyclic) bond motifs is 1. The molecule has 1 saturated heterocycles. The van der Waals surface area contributed by atoms with Gasteiger partial charge in [0.15, 0.2) is 0 Å². The Hall–Kier alpha value is -0.910. The Morgan fingerprint density at radius 3 is 2.95 bits per heavy atom. The minimum atomic E-state index is -0.147. The molecule has 1 aromatic rings. The largest absolute Gasteiger partial charge is 0.377 e. The van der Waals surface area contributed by atoms with Crippen LogP contribution in [0.1, 0.15) is 32.0 Å². The molecule has 1 fully saturated rings. The highest BCUT2D eigenvalue weighted by Crippen LogP contribution is 2.35. The van der Waals surface area contributed by atoms with Crippen molar-refractivity contribution in [2.75, 3.05) is 24.7 Å². The number of hydrogen-bond acceptors (Lipinski definition) is 5. The van der Waals surface area contributed by atoms with Crippen LogP contribution in [0.25, 0.3) is 0 Å². The molecular formula is C13H19ClN4O. The summed E-state index contributed by atoms with van der Waals surface area (Å²) < 4.78 is 5.49. The molecule has 1 aromatic heterocycles. The van der Waals surface area contributed by atoms with E-state index in [1.165, 1.54) is 5.56 Å². The van der Waals surface area contributed by atoms with Crippen LogP contribution in [0.3, 0.4) is 0 Å². The Balaban J connectivity index is 2.07. The highest BCUT2D eigenvalue weighted by Gasteiger charge is 2.36. The van der Waals surface area contributed by atoms with Gasteiger partial charge in [-0.3, -0.25) is 0 Å². The smallest absolute Gasteiger partial charge is 0.224 e. The summed E-state index contributed by atoms with van der Waals surface area (Å²) in [7, 11) is 0. The molecule has 1 unspecified atom stereocenters. The second kappa shape index (κ2) is 4.58. The highest BCUT2D eigenvalue weighted by atomic mass is 35.5. The number of morpholine rings is 1. The van der Waals surface area contributed by atoms with Crippen LogP contribution in [0.5, 0.6) is 0 Å². The predicted molar refractivity (Wildman–Crippen MR) is 74.5 cm³/mol. The minimum absolute atomic E-state index is 0.147. The highest BCUT2D eigenvalue weighted by molar-refractivity contribution is 6.28. The molecule has 0 bridgehead atoms. The van der Waals surface area contributed by atoms with E-state index in [4.69, 9.17) is 16.3 Å². The molecule has 0 amide bonds. The lowest BCUT2D eigenvalue weighted by Gasteiger charge is -2.35. The first-order valence-corrected chi connectivity index (χ1v) is 7.03. The Labute approximate surface area is 118 Å². The molecule has 1 atom stereocenters. The molecule has 0 spiro atoms. The lowest BCUT2D eigenvalue weighted by molar-refractivity contribution is 0.0984. The van der Waals surface area contributed by atoms with Crippen LogP contribution >= 0.6 is 11.6 Å². The van der Waals surface area contributed by atoms with Gasteiger partial charge in [0.2, 0.25) is 5.28 Å². The average molecular weight is 283 g/mol. The van der Waals surface area contributed by atoms with Crippen molar-refractivity contribution < 1.29 is 4.74 Å². The summed E-state index contributed by atoms with van der Waals surface area (Å²) in [4.78, 5) is 11.2. The second-order valence-electron chi connectivity index (χ2n) is 5.74. The van der Waals surface area contributed by atoms with Crippen molar-refractivity contribution >= 4 is 17.4 Å². The summed E-state index contributed by atoms with van der Waals surface area (Å²) in [5, 5.41) is 3.79. The van der Waals surface area contributed by atoms with Crippen molar-refractivity contribution in [1.82, 2.24) is 15.3 Å². The SMILES string of the molecule is CC1COCCN1c1nc(Cl)nc2c1CNC2(C)C. The first-order chi connectivity index (χ1) is 8.99. The lowest BCUT2D eigenvalue weighted by atomic mass is 10.0. The van der Waals surface area contributed by atoms with Gasteiger partial charge in [0, 0.05) is 18.7 Å². The third-order valence-electron chi connectivity index (χ3n) is 3.90. The number of anilines is 1. The van der Waals surface area contributed by atoms with E-state index in [0.717, 1.165) is 37.8 Å². The zero-order valence-corrected chi connectivity index (χ0v) is 12.3. The van der Waals surface area contributed by atoms with Crippen LogP contribution in [0.15, 0.2) is 0 Å². The van der Waals surface area contributed by atoms with Gasteiger partial charge in [-0.05, 0) is 32.4 Å². The van der Waals surface area contributed by atoms with E-state index >= 15 is 0 Å². The summed E-state index contributed by atoms with van der Waals surface area (Å²) in [5.41, 5.74) is 2.04. The van der Waals surface area contributed by atoms with E-state index in [9.17, 15) is 0 Å². The van der Waals surface area contributed by atoms with Gasteiger partial charge in [0.25, 0.3) is 0 Å². The number of ether oxygens (including phenoxy) is 1. The van der Waals surface area contributed by atoms with E-state index in [1.54, 1.807) is 0 Å². The predicted octanol–water partition coefficient (Wildman–Crippen LogP) is 1.69. The third kappa shape index (κ3) is 2.20. The fourth-order valence-corrected chi connectivity index (χ4v) is 2.96. The Morgan fingerprint density at radius 1 is 1.42 bits per heavy atom. The van der Waals surface area contributed by atoms with Crippen LogP contribution in [-0.2, 0) is 16.8 Å². The van der Waals surface area contributed by atoms with E-state index < -0.39 is 0 Å². The zero-order chi connectivity index (χ0) is 13.6. The van der Waals surface area contributed by atoms with E-state index in [0.29, 0.717) is 11.3 Å². The molecule has 19 heavy (non-hydrogen) atoms. The van der Waals surface area contributed by atoms with E-state index in [1.807, 2.05) is 0 Å². The Bertz CT molecular complexity index is 506. The first-order valence-electron chi connectivity index (χ1n) is 6.65. The summed E-state index contributed by atoms with van der Waals surface area (Å²) in [6.07, 6.45) is 0. The standard InChI is InChI=1S/C13H19ClN4O/c1-8-7-19-5-4-18(8)11-9-6-15-13(2,3)10(9)16-12(14)17-11/h8,15H,4-7H2,1-3H3. The van der Waals surface area contributed by atoms with Crippen LogP contribution in [0, 0.1) is 0 Å². The molecule has 3 rings (SSSR count). The van der Waals surface area contributed by atoms with Gasteiger partial charge < -0.3 is 15.0 Å². The second-order valence-corrected chi connectivity index (χ2v) is 6.08. The van der Waals surface area contributed by atoms with Gasteiger partial charge >= 0.3 is 0 Å². The third-order valence-corrected chi connectivity index (χ3v) is 4.07. The van der Waals surface area contributed by atoms with Crippen LogP contribution in [-0.4, -0.2) is 35.8 Å². The number of aromatic nitrogens is 2. The molecule has 6 heteroatoms. The summed E-state index contributed by atoms with van der Waals surface area (Å²) in [6.45, 7) is 9.49. The minimum Gasteiger partial charge on any atom is -0.377 e. The summed E-state index contributed by atoms with van der Waals surface area (Å²) in [5.74, 6) is 0.962. The molecule has 2 aliphatic heterocycles. The zero-order valence-electron chi connectivity index (χ0n) is 11.5. The van der Waals surface area contributed by atoms with Gasteiger partial charge in [-0.25, -0.2) is 9.97 Å². The lowest BCUT2D eigenvalue weighted by Crippen LogP contribution is -2.44. The molecule has 1 N–H and O–H groups in total. The van der Waals surface area contributed by atoms with Gasteiger partial charge in [-0.15, -0.1) is 0 Å². The number of rotatable bonds is 1. The van der Waals surface area contributed by atoms with Gasteiger partial charge in [0.05, 0.1) is 30.5 Å². The monoisotopic (exact) mass is 282 g/mol. The maximum atomic E-state index is 6.11. The molecule has 3 heterocycles. The maximum absolute atomic E-state index is 6.11. The topological polar surface area (TPSA) is 50.3 Å². The summed E-state index contributed by atoms with van der Waals surface area (Å²) in [6, 6.07) is 0.313. The van der Waals surface area contributed by atoms with Crippen molar-refractivity contribution in [3.05, 3.63) is 16.5 Å². The summed E-state index contributed by atoms with van der Waals surface area (Å²) >= 11 is 6.11. The molecule has 0 aliphatic carbocycles. The molecule has 0 saturated carbocycles. The molecule has 2 aliphatic rings. The van der Waals surface area contributed by atoms with E-state index in [-0.39, 0.29) is 5.54 Å². The first kappa shape index (κ1) is 13.1. The van der Waals surface area contributed by atoms with Crippen LogP contribution in [0.2, 0.25) is 5.28 Å². The Morgan fingerprint density at radius 2 is 2.21 bits per heavy atom. The van der Waals surface area contributed by atoms with E-state index in [2.05, 4.69) is 41.0 Å². The molecule has 5 nitrogen and oxygen atoms in total. The number of nitrogens with zero attached hydrogens (tertiary/aromatic N) is 3. The average Bonchev–Trinajstić information content (AvgIpc) is 2.65. The maximum Gasteiger partial charge on any atom is 0.224 e. The number of hydrogen-bond donors (Lipinski definition) is 1. The number of nitrogens with one attached hydrogen (secondary N) is 1. The van der Waals surface area contributed by atoms with Crippen molar-refractivity contribution in [1.29, 1.82) is 0 Å². The normalized spacial score (nSPS) is 25.5. The van der Waals surface area contributed by atoms with Crippen molar-refractivity contribution in [3.63, 3.8) is 0 Å². The van der Waals surface area contributed by atoms with Crippen LogP contribution < -0.4 is 10.2 Å². The molecule has 104 valence electrons. The quantitative estimate of drug-likeness (QED) is 0.795. The molecule has 0 aromatic carbocycles. The van der Waals surface area contributed by atoms with Crippen LogP contribution in [0.4, 0.5) is 5.82 Å². The molecular weight excluding hydrogens is 264 g/mol. The fourth-order valence-electron chi connectivity index (χ4n) is 2.80. The number of halogens is 1. The fraction of sp³-hybridized carbons (Fsp3) is 0.692. The van der Waals surface area contributed by atoms with Crippen molar-refractivity contribution in [3.8, 4) is 0 Å². The Kier molecular flexibility index (Phi) is 3.15. The van der Waals surface area contributed by atoms with Crippen molar-refractivity contribution in [2.24, 2.45) is 0 Å². The molecule has 0 radical (unpaired) electrons. The van der Waals surface area contributed by atoms with Gasteiger partial charge in [-0.1, -0.05) is 0 Å².